The van der Waals surface area contributed by atoms with Crippen molar-refractivity contribution in [3.63, 3.8) is 0 Å². The summed E-state index contributed by atoms with van der Waals surface area (Å²) in [6.45, 7) is 6.33. The lowest BCUT2D eigenvalue weighted by molar-refractivity contribution is -0.140. The van der Waals surface area contributed by atoms with E-state index in [0.717, 1.165) is 21.7 Å². The Kier molecular flexibility index (Phi) is 7.33. The van der Waals surface area contributed by atoms with Crippen molar-refractivity contribution >= 4 is 23.2 Å². The van der Waals surface area contributed by atoms with Crippen LogP contribution in [-0.2, 0) is 16.1 Å². The van der Waals surface area contributed by atoms with Gasteiger partial charge in [-0.15, -0.1) is 11.3 Å². The summed E-state index contributed by atoms with van der Waals surface area (Å²) in [4.78, 5) is 33.4. The highest BCUT2D eigenvalue weighted by Gasteiger charge is 2.42. The number of carbonyl (C=O) groups excluding carboxylic acids is 2. The van der Waals surface area contributed by atoms with Gasteiger partial charge in [-0.1, -0.05) is 38.1 Å². The number of carbonyl (C=O) groups is 2. The summed E-state index contributed by atoms with van der Waals surface area (Å²) in [6.07, 6.45) is 1.04. The molecule has 2 N–H and O–H groups in total. The highest BCUT2D eigenvalue weighted by Crippen LogP contribution is 2.30. The van der Waals surface area contributed by atoms with Crippen molar-refractivity contribution in [3.8, 4) is 10.4 Å². The smallest absolute Gasteiger partial charge is 0.243 e. The van der Waals surface area contributed by atoms with Crippen molar-refractivity contribution < 1.29 is 14.7 Å². The minimum atomic E-state index is -0.740. The molecule has 8 nitrogen and oxygen atoms in total. The Morgan fingerprint density at radius 3 is 2.62 bits per heavy atom. The van der Waals surface area contributed by atoms with E-state index in [1.807, 2.05) is 50.5 Å². The molecule has 4 rings (SSSR count). The van der Waals surface area contributed by atoms with Crippen LogP contribution in [0.15, 0.2) is 48.1 Å². The standard InChI is InChI=1S/C25H29N5O3S/c1-15(2)22(20-5-4-10-28-29-20)25(33)30-13-19(31)11-21(30)24(32)26-12-17-6-8-18(9-7-17)23-16(3)27-14-34-23/h4-10,14-15,19,21-22,31H,11-13H2,1-3H3,(H,26,32)/t19-,21+,22-/m1/s1. The molecule has 2 aromatic heterocycles. The number of nitrogens with zero attached hydrogens (tertiary/aromatic N) is 4. The number of nitrogens with one attached hydrogen (secondary N) is 1. The number of likely N-dealkylation sites (tertiary alicyclic amines) is 1. The van der Waals surface area contributed by atoms with Crippen molar-refractivity contribution in [1.29, 1.82) is 0 Å². The van der Waals surface area contributed by atoms with Crippen LogP contribution < -0.4 is 5.32 Å². The van der Waals surface area contributed by atoms with Crippen LogP contribution in [0.1, 0.15) is 43.1 Å². The summed E-state index contributed by atoms with van der Waals surface area (Å²) < 4.78 is 0. The molecular weight excluding hydrogens is 450 g/mol. The number of rotatable bonds is 7. The molecule has 0 bridgehead atoms. The van der Waals surface area contributed by atoms with Crippen LogP contribution in [0.3, 0.4) is 0 Å². The molecule has 1 saturated heterocycles. The van der Waals surface area contributed by atoms with Gasteiger partial charge < -0.3 is 15.3 Å². The molecule has 178 valence electrons. The molecule has 1 aromatic carbocycles. The molecule has 1 fully saturated rings. The van der Waals surface area contributed by atoms with Gasteiger partial charge in [0.15, 0.2) is 0 Å². The number of amides is 2. The van der Waals surface area contributed by atoms with Gasteiger partial charge in [-0.25, -0.2) is 4.98 Å². The SMILES string of the molecule is Cc1ncsc1-c1ccc(CNC(=O)[C@@H]2C[C@@H](O)CN2C(=O)[C@@H](c2cccnn2)C(C)C)cc1. The molecular formula is C25H29N5O3S. The van der Waals surface area contributed by atoms with Crippen molar-refractivity contribution in [2.45, 2.75) is 51.8 Å². The summed E-state index contributed by atoms with van der Waals surface area (Å²) in [5.74, 6) is -1.05. The highest BCUT2D eigenvalue weighted by molar-refractivity contribution is 7.13. The van der Waals surface area contributed by atoms with Gasteiger partial charge in [0, 0.05) is 25.7 Å². The normalized spacial score (nSPS) is 18.8. The van der Waals surface area contributed by atoms with Crippen LogP contribution in [0.5, 0.6) is 0 Å². The Morgan fingerprint density at radius 2 is 2.00 bits per heavy atom. The molecule has 0 saturated carbocycles. The van der Waals surface area contributed by atoms with E-state index in [1.165, 1.54) is 4.90 Å². The zero-order chi connectivity index (χ0) is 24.2. The average molecular weight is 480 g/mol. The Bertz CT molecular complexity index is 1130. The minimum absolute atomic E-state index is 0.0358. The fraction of sp³-hybridized carbons (Fsp3) is 0.400. The summed E-state index contributed by atoms with van der Waals surface area (Å²) >= 11 is 1.60. The first-order valence-corrected chi connectivity index (χ1v) is 12.3. The van der Waals surface area contributed by atoms with E-state index >= 15 is 0 Å². The number of thiazole rings is 1. The molecule has 1 aliphatic heterocycles. The van der Waals surface area contributed by atoms with Crippen LogP contribution in [-0.4, -0.2) is 55.7 Å². The third kappa shape index (κ3) is 5.15. The fourth-order valence-corrected chi connectivity index (χ4v) is 5.19. The number of aliphatic hydroxyl groups excluding tert-OH is 1. The van der Waals surface area contributed by atoms with E-state index in [1.54, 1.807) is 29.7 Å². The van der Waals surface area contributed by atoms with Crippen molar-refractivity contribution in [2.24, 2.45) is 5.92 Å². The van der Waals surface area contributed by atoms with Gasteiger partial charge in [0.2, 0.25) is 11.8 Å². The molecule has 3 atom stereocenters. The maximum atomic E-state index is 13.5. The van der Waals surface area contributed by atoms with E-state index in [9.17, 15) is 14.7 Å². The van der Waals surface area contributed by atoms with E-state index in [0.29, 0.717) is 12.2 Å². The van der Waals surface area contributed by atoms with E-state index in [2.05, 4.69) is 20.5 Å². The zero-order valence-electron chi connectivity index (χ0n) is 19.5. The van der Waals surface area contributed by atoms with Gasteiger partial charge in [-0.05, 0) is 36.1 Å². The average Bonchev–Trinajstić information content (AvgIpc) is 3.44. The second-order valence-electron chi connectivity index (χ2n) is 8.95. The van der Waals surface area contributed by atoms with Crippen LogP contribution in [0.2, 0.25) is 0 Å². The van der Waals surface area contributed by atoms with Gasteiger partial charge >= 0.3 is 0 Å². The van der Waals surface area contributed by atoms with E-state index < -0.39 is 18.1 Å². The summed E-state index contributed by atoms with van der Waals surface area (Å²) in [6, 6.07) is 10.8. The van der Waals surface area contributed by atoms with E-state index in [-0.39, 0.29) is 30.7 Å². The van der Waals surface area contributed by atoms with Gasteiger partial charge in [0.25, 0.3) is 0 Å². The lowest BCUT2D eigenvalue weighted by Gasteiger charge is -2.29. The maximum absolute atomic E-state index is 13.5. The predicted molar refractivity (Wildman–Crippen MR) is 130 cm³/mol. The van der Waals surface area contributed by atoms with Crippen molar-refractivity contribution in [2.75, 3.05) is 6.54 Å². The second-order valence-corrected chi connectivity index (χ2v) is 9.80. The topological polar surface area (TPSA) is 108 Å². The van der Waals surface area contributed by atoms with Gasteiger partial charge in [-0.2, -0.15) is 10.2 Å². The molecule has 1 aliphatic rings. The van der Waals surface area contributed by atoms with Crippen LogP contribution in [0, 0.1) is 12.8 Å². The highest BCUT2D eigenvalue weighted by atomic mass is 32.1. The number of aromatic nitrogens is 3. The number of hydrogen-bond acceptors (Lipinski definition) is 7. The first kappa shape index (κ1) is 24.0. The van der Waals surface area contributed by atoms with Crippen LogP contribution in [0.4, 0.5) is 0 Å². The van der Waals surface area contributed by atoms with Crippen molar-refractivity contribution in [1.82, 2.24) is 25.4 Å². The van der Waals surface area contributed by atoms with Crippen LogP contribution in [0.25, 0.3) is 10.4 Å². The number of hydrogen-bond donors (Lipinski definition) is 2. The van der Waals surface area contributed by atoms with Gasteiger partial charge in [-0.3, -0.25) is 9.59 Å². The van der Waals surface area contributed by atoms with E-state index in [4.69, 9.17) is 0 Å². The Labute approximate surface area is 203 Å². The molecule has 0 aliphatic carbocycles. The first-order valence-electron chi connectivity index (χ1n) is 11.4. The lowest BCUT2D eigenvalue weighted by Crippen LogP contribution is -2.48. The zero-order valence-corrected chi connectivity index (χ0v) is 20.3. The molecule has 2 amide bonds. The third-order valence-corrected chi connectivity index (χ3v) is 7.12. The molecule has 0 unspecified atom stereocenters. The molecule has 34 heavy (non-hydrogen) atoms. The van der Waals surface area contributed by atoms with Crippen molar-refractivity contribution in [3.05, 3.63) is 65.1 Å². The molecule has 3 aromatic rings. The largest absolute Gasteiger partial charge is 0.391 e. The summed E-state index contributed by atoms with van der Waals surface area (Å²) in [5, 5.41) is 21.2. The fourth-order valence-electron chi connectivity index (χ4n) is 4.38. The molecule has 0 spiro atoms. The van der Waals surface area contributed by atoms with Gasteiger partial charge in [0.05, 0.1) is 33.8 Å². The Morgan fingerprint density at radius 1 is 1.24 bits per heavy atom. The Balaban J connectivity index is 1.43. The Hall–Kier alpha value is -3.17. The summed E-state index contributed by atoms with van der Waals surface area (Å²) in [7, 11) is 0. The predicted octanol–water partition coefficient (Wildman–Crippen LogP) is 2.93. The number of aryl methyl sites for hydroxylation is 1. The van der Waals surface area contributed by atoms with Crippen LogP contribution >= 0.6 is 11.3 Å². The maximum Gasteiger partial charge on any atom is 0.243 e. The number of β-amino-alcohol motifs (C(OH)–C–C–N with tert-alkyl or cyclic N) is 1. The molecule has 0 radical (unpaired) electrons. The third-order valence-electron chi connectivity index (χ3n) is 6.14. The first-order chi connectivity index (χ1) is 16.3. The minimum Gasteiger partial charge on any atom is -0.391 e. The quantitative estimate of drug-likeness (QED) is 0.539. The molecule has 9 heteroatoms. The monoisotopic (exact) mass is 479 g/mol. The number of benzene rings is 1. The number of aliphatic hydroxyl groups is 1. The van der Waals surface area contributed by atoms with Gasteiger partial charge in [0.1, 0.15) is 6.04 Å². The lowest BCUT2D eigenvalue weighted by atomic mass is 9.90. The second kappa shape index (κ2) is 10.4. The summed E-state index contributed by atoms with van der Waals surface area (Å²) in [5.41, 5.74) is 5.44. The molecule has 3 heterocycles.